The minimum absolute atomic E-state index is 0.222. The van der Waals surface area contributed by atoms with Crippen LogP contribution in [0.2, 0.25) is 0 Å². The van der Waals surface area contributed by atoms with E-state index in [0.717, 1.165) is 42.5 Å². The quantitative estimate of drug-likeness (QED) is 0.647. The van der Waals surface area contributed by atoms with Crippen molar-refractivity contribution in [2.45, 2.75) is 6.04 Å². The Balaban J connectivity index is 1.12. The van der Waals surface area contributed by atoms with E-state index in [2.05, 4.69) is 20.0 Å². The van der Waals surface area contributed by atoms with E-state index in [1.54, 1.807) is 12.4 Å². The average molecular weight is 400 g/mol. The molecule has 3 aromatic heterocycles. The molecular weight excluding hydrogens is 382 g/mol. The highest BCUT2D eigenvalue weighted by molar-refractivity contribution is 5.71. The van der Waals surface area contributed by atoms with E-state index >= 15 is 0 Å². The molecule has 1 aliphatic carbocycles. The monoisotopic (exact) mass is 400 g/mol. The summed E-state index contributed by atoms with van der Waals surface area (Å²) in [6.07, 6.45) is 5.44. The van der Waals surface area contributed by atoms with Gasteiger partial charge in [-0.15, -0.1) is 0 Å². The van der Waals surface area contributed by atoms with Crippen LogP contribution in [0, 0.1) is 29.4 Å². The van der Waals surface area contributed by atoms with Crippen LogP contribution in [0.5, 0.6) is 5.75 Å². The van der Waals surface area contributed by atoms with Crippen molar-refractivity contribution in [3.05, 3.63) is 36.4 Å². The van der Waals surface area contributed by atoms with Crippen LogP contribution >= 0.6 is 0 Å². The van der Waals surface area contributed by atoms with Gasteiger partial charge in [-0.05, 0) is 11.8 Å². The summed E-state index contributed by atoms with van der Waals surface area (Å²) in [5, 5.41) is 4.40. The molecule has 10 heteroatoms. The molecule has 3 fully saturated rings. The van der Waals surface area contributed by atoms with Gasteiger partial charge in [0.25, 0.3) is 0 Å². The number of halogens is 2. The van der Waals surface area contributed by atoms with Crippen LogP contribution in [-0.2, 0) is 4.74 Å². The lowest BCUT2D eigenvalue weighted by Crippen LogP contribution is -2.31. The zero-order valence-electron chi connectivity index (χ0n) is 15.4. The predicted octanol–water partition coefficient (Wildman–Crippen LogP) is 1.83. The number of nitrogens with zero attached hydrogens (tertiary/aromatic N) is 6. The molecule has 8 nitrogen and oxygen atoms in total. The van der Waals surface area contributed by atoms with Crippen molar-refractivity contribution in [1.29, 1.82) is 0 Å². The molecule has 150 valence electrons. The predicted molar refractivity (Wildman–Crippen MR) is 97.5 cm³/mol. The number of aromatic nitrogens is 5. The third-order valence-corrected chi connectivity index (χ3v) is 6.18. The Labute approximate surface area is 164 Å². The van der Waals surface area contributed by atoms with Crippen molar-refractivity contribution in [2.75, 3.05) is 37.8 Å². The Morgan fingerprint density at radius 2 is 1.83 bits per heavy atom. The molecule has 3 aromatic rings. The Morgan fingerprint density at radius 1 is 1.07 bits per heavy atom. The fourth-order valence-electron chi connectivity index (χ4n) is 4.40. The van der Waals surface area contributed by atoms with Gasteiger partial charge in [0.1, 0.15) is 17.4 Å². The van der Waals surface area contributed by atoms with Crippen molar-refractivity contribution < 1.29 is 18.3 Å². The maximum Gasteiger partial charge on any atom is 0.193 e. The van der Waals surface area contributed by atoms with Gasteiger partial charge in [-0.1, -0.05) is 0 Å². The molecule has 0 unspecified atom stereocenters. The van der Waals surface area contributed by atoms with Crippen molar-refractivity contribution in [3.63, 3.8) is 0 Å². The first kappa shape index (κ1) is 17.0. The number of ether oxygens (including phenoxy) is 2. The minimum atomic E-state index is -0.769. The van der Waals surface area contributed by atoms with Crippen molar-refractivity contribution in [2.24, 2.45) is 17.8 Å². The molecule has 3 aliphatic rings. The smallest absolute Gasteiger partial charge is 0.193 e. The summed E-state index contributed by atoms with van der Waals surface area (Å²) >= 11 is 0. The van der Waals surface area contributed by atoms with Gasteiger partial charge in [-0.2, -0.15) is 5.10 Å². The van der Waals surface area contributed by atoms with E-state index in [4.69, 9.17) is 14.5 Å². The molecule has 2 saturated heterocycles. The Hall–Kier alpha value is -2.88. The summed E-state index contributed by atoms with van der Waals surface area (Å²) in [5.41, 5.74) is 1.55. The third-order valence-electron chi connectivity index (χ3n) is 6.18. The second-order valence-corrected chi connectivity index (χ2v) is 7.86. The molecule has 5 heterocycles. The summed E-state index contributed by atoms with van der Waals surface area (Å²) in [7, 11) is 0. The highest BCUT2D eigenvalue weighted by Gasteiger charge is 2.56. The number of hydrogen-bond donors (Lipinski definition) is 0. The lowest BCUT2D eigenvalue weighted by Gasteiger charge is -2.26. The molecule has 0 aromatic carbocycles. The average Bonchev–Trinajstić information content (AvgIpc) is 3.02. The molecule has 0 N–H and O–H groups in total. The Kier molecular flexibility index (Phi) is 3.70. The number of hydrogen-bond acceptors (Lipinski definition) is 7. The normalized spacial score (nSPS) is 25.9. The van der Waals surface area contributed by atoms with Crippen molar-refractivity contribution >= 4 is 17.0 Å². The number of anilines is 1. The topological polar surface area (TPSA) is 78.2 Å². The fraction of sp³-hybridized carbons (Fsp3) is 0.474. The molecule has 2 aliphatic heterocycles. The van der Waals surface area contributed by atoms with Gasteiger partial charge in [0, 0.05) is 19.0 Å². The highest BCUT2D eigenvalue weighted by Crippen LogP contribution is 2.52. The van der Waals surface area contributed by atoms with Gasteiger partial charge in [0.2, 0.25) is 0 Å². The van der Waals surface area contributed by atoms with E-state index in [0.29, 0.717) is 37.6 Å². The maximum atomic E-state index is 13.6. The van der Waals surface area contributed by atoms with Gasteiger partial charge < -0.3 is 14.4 Å². The molecule has 3 atom stereocenters. The summed E-state index contributed by atoms with van der Waals surface area (Å²) in [6.45, 7) is 3.27. The fourth-order valence-corrected chi connectivity index (χ4v) is 4.40. The molecule has 6 rings (SSSR count). The molecule has 0 radical (unpaired) electrons. The van der Waals surface area contributed by atoms with Gasteiger partial charge in [-0.25, -0.2) is 23.4 Å². The summed E-state index contributed by atoms with van der Waals surface area (Å²) in [6, 6.07) is 0.222. The number of piperidine rings is 1. The first-order chi connectivity index (χ1) is 14.2. The van der Waals surface area contributed by atoms with Crippen LogP contribution in [0.25, 0.3) is 11.2 Å². The SMILES string of the molecule is Fc1cncc(F)c1OC[C@H]1[C@H]2CN(c3cnc4cnn(C5COC5)c4n3)C[C@@H]12. The first-order valence-corrected chi connectivity index (χ1v) is 9.64. The van der Waals surface area contributed by atoms with E-state index in [1.165, 1.54) is 0 Å². The zero-order chi connectivity index (χ0) is 19.5. The highest BCUT2D eigenvalue weighted by atomic mass is 19.1. The Morgan fingerprint density at radius 3 is 2.52 bits per heavy atom. The van der Waals surface area contributed by atoms with Crippen LogP contribution < -0.4 is 9.64 Å². The van der Waals surface area contributed by atoms with Crippen molar-refractivity contribution in [3.8, 4) is 5.75 Å². The van der Waals surface area contributed by atoms with E-state index in [-0.39, 0.29) is 11.8 Å². The van der Waals surface area contributed by atoms with Gasteiger partial charge in [-0.3, -0.25) is 4.98 Å². The number of pyridine rings is 1. The minimum Gasteiger partial charge on any atom is -0.487 e. The number of fused-ring (bicyclic) bond motifs is 2. The van der Waals surface area contributed by atoms with Crippen LogP contribution in [0.4, 0.5) is 14.6 Å². The van der Waals surface area contributed by atoms with Crippen LogP contribution in [0.3, 0.4) is 0 Å². The van der Waals surface area contributed by atoms with Crippen LogP contribution in [0.15, 0.2) is 24.8 Å². The number of rotatable bonds is 5. The zero-order valence-corrected chi connectivity index (χ0v) is 15.4. The Bertz CT molecular complexity index is 1060. The lowest BCUT2D eigenvalue weighted by atomic mass is 10.2. The third kappa shape index (κ3) is 2.73. The van der Waals surface area contributed by atoms with Gasteiger partial charge in [0.15, 0.2) is 23.0 Å². The maximum absolute atomic E-state index is 13.6. The van der Waals surface area contributed by atoms with E-state index < -0.39 is 11.6 Å². The first-order valence-electron chi connectivity index (χ1n) is 9.64. The summed E-state index contributed by atoms with van der Waals surface area (Å²) < 4.78 is 39.9. The standard InChI is InChI=1S/C19H18F2N6O2/c20-14-1-22-2-15(21)18(14)29-9-13-11-5-26(6-12(11)13)17-4-23-16-3-24-27(19(16)25-17)10-7-28-8-10/h1-4,10-13H,5-9H2/t11-,12+,13-. The van der Waals surface area contributed by atoms with Crippen LogP contribution in [0.1, 0.15) is 6.04 Å². The molecular formula is C19H18F2N6O2. The molecule has 0 amide bonds. The summed E-state index contributed by atoms with van der Waals surface area (Å²) in [4.78, 5) is 15.0. The lowest BCUT2D eigenvalue weighted by molar-refractivity contribution is -0.0269. The van der Waals surface area contributed by atoms with Gasteiger partial charge in [0.05, 0.1) is 44.6 Å². The van der Waals surface area contributed by atoms with E-state index in [9.17, 15) is 8.78 Å². The molecule has 1 saturated carbocycles. The van der Waals surface area contributed by atoms with Crippen LogP contribution in [-0.4, -0.2) is 57.6 Å². The summed E-state index contributed by atoms with van der Waals surface area (Å²) in [5.74, 6) is 0.122. The van der Waals surface area contributed by atoms with Crippen molar-refractivity contribution in [1.82, 2.24) is 24.7 Å². The largest absolute Gasteiger partial charge is 0.487 e. The second kappa shape index (κ2) is 6.31. The second-order valence-electron chi connectivity index (χ2n) is 7.86. The molecule has 0 bridgehead atoms. The van der Waals surface area contributed by atoms with Gasteiger partial charge >= 0.3 is 0 Å². The molecule has 0 spiro atoms. The van der Waals surface area contributed by atoms with E-state index in [1.807, 2.05) is 4.68 Å². The molecule has 29 heavy (non-hydrogen) atoms.